The van der Waals surface area contributed by atoms with Gasteiger partial charge in [-0.1, -0.05) is 12.1 Å². The van der Waals surface area contributed by atoms with Crippen LogP contribution in [0.2, 0.25) is 0 Å². The van der Waals surface area contributed by atoms with Crippen LogP contribution in [0, 0.1) is 17.1 Å². The first kappa shape index (κ1) is 15.6. The Kier molecular flexibility index (Phi) is 7.75. The first-order valence-corrected chi connectivity index (χ1v) is 6.11. The molecular weight excluding hydrogens is 249 g/mol. The Labute approximate surface area is 112 Å². The van der Waals surface area contributed by atoms with Gasteiger partial charge in [0.15, 0.2) is 0 Å². The summed E-state index contributed by atoms with van der Waals surface area (Å²) in [5.41, 5.74) is 0.448. The molecule has 0 aromatic heterocycles. The van der Waals surface area contributed by atoms with Gasteiger partial charge in [-0.05, 0) is 12.5 Å². The molecule has 0 unspecified atom stereocenters. The van der Waals surface area contributed by atoms with Crippen molar-refractivity contribution in [2.24, 2.45) is 0 Å². The number of halogens is 1. The van der Waals surface area contributed by atoms with Crippen LogP contribution in [0.3, 0.4) is 0 Å². The number of benzene rings is 1. The monoisotopic (exact) mass is 267 g/mol. The van der Waals surface area contributed by atoms with Crippen molar-refractivity contribution >= 4 is 0 Å². The van der Waals surface area contributed by atoms with Crippen LogP contribution in [0.15, 0.2) is 18.2 Å². The highest BCUT2D eigenvalue weighted by Crippen LogP contribution is 2.13. The number of methoxy groups -OCH3 is 1. The van der Waals surface area contributed by atoms with Crippen molar-refractivity contribution in [3.05, 3.63) is 35.1 Å². The van der Waals surface area contributed by atoms with Crippen LogP contribution in [-0.2, 0) is 20.8 Å². The minimum Gasteiger partial charge on any atom is -0.382 e. The van der Waals surface area contributed by atoms with Gasteiger partial charge in [0, 0.05) is 25.9 Å². The minimum absolute atomic E-state index is 0.0454. The lowest BCUT2D eigenvalue weighted by Gasteiger charge is -2.07. The van der Waals surface area contributed by atoms with Gasteiger partial charge in [0.1, 0.15) is 11.9 Å². The third kappa shape index (κ3) is 5.79. The number of nitriles is 1. The van der Waals surface area contributed by atoms with Crippen LogP contribution in [0.1, 0.15) is 17.5 Å². The summed E-state index contributed by atoms with van der Waals surface area (Å²) in [6.07, 6.45) is 0.739. The first-order chi connectivity index (χ1) is 9.29. The van der Waals surface area contributed by atoms with E-state index < -0.39 is 5.82 Å². The summed E-state index contributed by atoms with van der Waals surface area (Å²) in [6, 6.07) is 6.51. The lowest BCUT2D eigenvalue weighted by Crippen LogP contribution is -2.06. The molecule has 0 heterocycles. The Morgan fingerprint density at radius 2 is 1.95 bits per heavy atom. The van der Waals surface area contributed by atoms with E-state index in [-0.39, 0.29) is 12.2 Å². The Balaban J connectivity index is 2.18. The zero-order valence-electron chi connectivity index (χ0n) is 11.0. The van der Waals surface area contributed by atoms with Gasteiger partial charge in [-0.3, -0.25) is 0 Å². The highest BCUT2D eigenvalue weighted by molar-refractivity contribution is 5.34. The largest absolute Gasteiger partial charge is 0.382 e. The maximum absolute atomic E-state index is 13.6. The normalized spacial score (nSPS) is 10.4. The molecule has 1 rings (SSSR count). The standard InChI is InChI=1S/C14H18FNO3/c1-17-8-9-18-6-3-7-19-11-13-5-2-4-12(10-16)14(13)15/h2,4-5H,3,6-9,11H2,1H3. The van der Waals surface area contributed by atoms with Crippen LogP contribution in [0.5, 0.6) is 0 Å². The summed E-state index contributed by atoms with van der Waals surface area (Å²) in [5.74, 6) is -0.499. The van der Waals surface area contributed by atoms with E-state index in [1.165, 1.54) is 6.07 Å². The molecule has 0 aliphatic carbocycles. The van der Waals surface area contributed by atoms with E-state index in [0.29, 0.717) is 32.0 Å². The Hall–Kier alpha value is -1.48. The summed E-state index contributed by atoms with van der Waals surface area (Å²) in [4.78, 5) is 0. The highest BCUT2D eigenvalue weighted by Gasteiger charge is 2.06. The van der Waals surface area contributed by atoms with E-state index in [2.05, 4.69) is 0 Å². The molecule has 4 nitrogen and oxygen atoms in total. The predicted octanol–water partition coefficient (Wildman–Crippen LogP) is 2.27. The fourth-order valence-corrected chi connectivity index (χ4v) is 1.47. The third-order valence-corrected chi connectivity index (χ3v) is 2.47. The number of rotatable bonds is 9. The molecule has 19 heavy (non-hydrogen) atoms. The lowest BCUT2D eigenvalue weighted by molar-refractivity contribution is 0.0479. The number of hydrogen-bond donors (Lipinski definition) is 0. The molecule has 5 heteroatoms. The molecule has 0 amide bonds. The van der Waals surface area contributed by atoms with E-state index >= 15 is 0 Å². The van der Waals surface area contributed by atoms with Crippen LogP contribution in [0.4, 0.5) is 4.39 Å². The lowest BCUT2D eigenvalue weighted by atomic mass is 10.1. The molecular formula is C14H18FNO3. The SMILES string of the molecule is COCCOCCCOCc1cccc(C#N)c1F. The molecule has 104 valence electrons. The van der Waals surface area contributed by atoms with Gasteiger partial charge in [-0.2, -0.15) is 5.26 Å². The van der Waals surface area contributed by atoms with Crippen LogP contribution in [0.25, 0.3) is 0 Å². The van der Waals surface area contributed by atoms with Gasteiger partial charge in [-0.15, -0.1) is 0 Å². The molecule has 1 aromatic rings. The summed E-state index contributed by atoms with van der Waals surface area (Å²) in [7, 11) is 1.62. The Morgan fingerprint density at radius 1 is 1.16 bits per heavy atom. The fourth-order valence-electron chi connectivity index (χ4n) is 1.47. The summed E-state index contributed by atoms with van der Waals surface area (Å²) in [5, 5.41) is 8.70. The summed E-state index contributed by atoms with van der Waals surface area (Å²) in [6.45, 7) is 2.38. The zero-order chi connectivity index (χ0) is 13.9. The van der Waals surface area contributed by atoms with Crippen LogP contribution in [-0.4, -0.2) is 33.5 Å². The smallest absolute Gasteiger partial charge is 0.146 e. The average molecular weight is 267 g/mol. The Morgan fingerprint density at radius 3 is 2.68 bits per heavy atom. The summed E-state index contributed by atoms with van der Waals surface area (Å²) < 4.78 is 29.1. The third-order valence-electron chi connectivity index (χ3n) is 2.47. The molecule has 0 N–H and O–H groups in total. The molecule has 0 aliphatic heterocycles. The van der Waals surface area contributed by atoms with Crippen LogP contribution >= 0.6 is 0 Å². The second-order valence-corrected chi connectivity index (χ2v) is 3.90. The van der Waals surface area contributed by atoms with Gasteiger partial charge < -0.3 is 14.2 Å². The number of nitrogens with zero attached hydrogens (tertiary/aromatic N) is 1. The second kappa shape index (κ2) is 9.45. The quantitative estimate of drug-likeness (QED) is 0.644. The van der Waals surface area contributed by atoms with Crippen molar-refractivity contribution in [2.75, 3.05) is 33.5 Å². The van der Waals surface area contributed by atoms with E-state index in [4.69, 9.17) is 19.5 Å². The molecule has 0 radical (unpaired) electrons. The molecule has 0 atom stereocenters. The van der Waals surface area contributed by atoms with E-state index in [0.717, 1.165) is 6.42 Å². The predicted molar refractivity (Wildman–Crippen MR) is 68.1 cm³/mol. The van der Waals surface area contributed by atoms with E-state index in [9.17, 15) is 4.39 Å². The number of ether oxygens (including phenoxy) is 3. The Bertz CT molecular complexity index is 418. The molecule has 1 aromatic carbocycles. The van der Waals surface area contributed by atoms with E-state index in [1.54, 1.807) is 25.3 Å². The molecule has 0 aliphatic rings. The van der Waals surface area contributed by atoms with Gasteiger partial charge in [0.05, 0.1) is 25.4 Å². The molecule has 0 spiro atoms. The maximum Gasteiger partial charge on any atom is 0.146 e. The van der Waals surface area contributed by atoms with Crippen molar-refractivity contribution < 1.29 is 18.6 Å². The van der Waals surface area contributed by atoms with E-state index in [1.807, 2.05) is 0 Å². The van der Waals surface area contributed by atoms with Gasteiger partial charge in [-0.25, -0.2) is 4.39 Å². The zero-order valence-corrected chi connectivity index (χ0v) is 11.0. The molecule has 0 bridgehead atoms. The van der Waals surface area contributed by atoms with Gasteiger partial charge >= 0.3 is 0 Å². The molecule has 0 saturated heterocycles. The van der Waals surface area contributed by atoms with Crippen molar-refractivity contribution in [3.8, 4) is 6.07 Å². The first-order valence-electron chi connectivity index (χ1n) is 6.11. The maximum atomic E-state index is 13.6. The minimum atomic E-state index is -0.499. The number of hydrogen-bond acceptors (Lipinski definition) is 4. The van der Waals surface area contributed by atoms with Gasteiger partial charge in [0.2, 0.25) is 0 Å². The molecule has 0 fully saturated rings. The topological polar surface area (TPSA) is 51.5 Å². The van der Waals surface area contributed by atoms with Crippen molar-refractivity contribution in [1.29, 1.82) is 5.26 Å². The highest BCUT2D eigenvalue weighted by atomic mass is 19.1. The average Bonchev–Trinajstić information content (AvgIpc) is 2.43. The second-order valence-electron chi connectivity index (χ2n) is 3.90. The van der Waals surface area contributed by atoms with Crippen molar-refractivity contribution in [1.82, 2.24) is 0 Å². The van der Waals surface area contributed by atoms with Crippen molar-refractivity contribution in [3.63, 3.8) is 0 Å². The summed E-state index contributed by atoms with van der Waals surface area (Å²) >= 11 is 0. The fraction of sp³-hybridized carbons (Fsp3) is 0.500. The van der Waals surface area contributed by atoms with Crippen LogP contribution < -0.4 is 0 Å². The molecule has 0 saturated carbocycles. The van der Waals surface area contributed by atoms with Crippen molar-refractivity contribution in [2.45, 2.75) is 13.0 Å². The van der Waals surface area contributed by atoms with Gasteiger partial charge in [0.25, 0.3) is 0 Å².